The Kier molecular flexibility index (Phi) is 5.27. The fraction of sp³-hybridized carbons (Fsp3) is 0.562. The van der Waals surface area contributed by atoms with Gasteiger partial charge in [0.25, 0.3) is 0 Å². The number of nitrogens with zero attached hydrogens (tertiary/aromatic N) is 4. The maximum atomic E-state index is 12.2. The number of carbonyl (C=O) groups is 1. The molecule has 2 aromatic heterocycles. The summed E-state index contributed by atoms with van der Waals surface area (Å²) < 4.78 is 5.44. The molecule has 1 fully saturated rings. The third-order valence-electron chi connectivity index (χ3n) is 4.49. The number of amides is 1. The SMILES string of the molecule is CC(CN)C(=O)N1CCN(C(C)c2nc(-c3cccs3)no2)CC1. The molecule has 0 spiro atoms. The van der Waals surface area contributed by atoms with Crippen molar-refractivity contribution in [2.45, 2.75) is 19.9 Å². The van der Waals surface area contributed by atoms with Crippen LogP contribution in [0.2, 0.25) is 0 Å². The molecule has 0 bridgehead atoms. The first-order valence-corrected chi connectivity index (χ1v) is 9.08. The van der Waals surface area contributed by atoms with Gasteiger partial charge in [0.05, 0.1) is 10.9 Å². The number of piperazine rings is 1. The van der Waals surface area contributed by atoms with Gasteiger partial charge in [-0.15, -0.1) is 11.3 Å². The van der Waals surface area contributed by atoms with Crippen LogP contribution >= 0.6 is 11.3 Å². The third kappa shape index (κ3) is 3.50. The Morgan fingerprint density at radius 3 is 2.75 bits per heavy atom. The highest BCUT2D eigenvalue weighted by Crippen LogP contribution is 2.26. The second-order valence-electron chi connectivity index (χ2n) is 6.11. The molecule has 130 valence electrons. The molecule has 1 saturated heterocycles. The van der Waals surface area contributed by atoms with Crippen LogP contribution in [0.1, 0.15) is 25.8 Å². The third-order valence-corrected chi connectivity index (χ3v) is 5.36. The number of hydrogen-bond donors (Lipinski definition) is 1. The van der Waals surface area contributed by atoms with Crippen molar-refractivity contribution in [1.82, 2.24) is 19.9 Å². The van der Waals surface area contributed by atoms with Crippen molar-refractivity contribution in [3.63, 3.8) is 0 Å². The molecule has 0 aliphatic carbocycles. The molecule has 3 rings (SSSR count). The quantitative estimate of drug-likeness (QED) is 0.882. The molecule has 2 aromatic rings. The van der Waals surface area contributed by atoms with E-state index in [1.165, 1.54) is 0 Å². The minimum absolute atomic E-state index is 0.0374. The van der Waals surface area contributed by atoms with E-state index in [1.54, 1.807) is 11.3 Å². The average Bonchev–Trinajstić information content (AvgIpc) is 3.31. The summed E-state index contributed by atoms with van der Waals surface area (Å²) in [5.41, 5.74) is 5.59. The van der Waals surface area contributed by atoms with Crippen LogP contribution in [-0.4, -0.2) is 58.6 Å². The summed E-state index contributed by atoms with van der Waals surface area (Å²) in [5, 5.41) is 6.06. The van der Waals surface area contributed by atoms with Gasteiger partial charge < -0.3 is 15.2 Å². The predicted molar refractivity (Wildman–Crippen MR) is 92.4 cm³/mol. The van der Waals surface area contributed by atoms with Crippen LogP contribution in [0.4, 0.5) is 0 Å². The van der Waals surface area contributed by atoms with Crippen molar-refractivity contribution in [2.24, 2.45) is 11.7 Å². The molecular formula is C16H23N5O2S. The van der Waals surface area contributed by atoms with E-state index in [9.17, 15) is 4.79 Å². The molecule has 1 amide bonds. The fourth-order valence-electron chi connectivity index (χ4n) is 2.81. The van der Waals surface area contributed by atoms with Crippen LogP contribution < -0.4 is 5.73 Å². The van der Waals surface area contributed by atoms with Gasteiger partial charge in [-0.05, 0) is 18.4 Å². The Hall–Kier alpha value is -1.77. The molecule has 1 aliphatic heterocycles. The Bertz CT molecular complexity index is 664. The lowest BCUT2D eigenvalue weighted by atomic mass is 10.1. The number of nitrogens with two attached hydrogens (primary N) is 1. The second-order valence-corrected chi connectivity index (χ2v) is 7.06. The first-order valence-electron chi connectivity index (χ1n) is 8.20. The van der Waals surface area contributed by atoms with E-state index in [4.69, 9.17) is 10.3 Å². The molecule has 0 radical (unpaired) electrons. The Labute approximate surface area is 145 Å². The Morgan fingerprint density at radius 2 is 2.12 bits per heavy atom. The Morgan fingerprint density at radius 1 is 1.38 bits per heavy atom. The van der Waals surface area contributed by atoms with Crippen molar-refractivity contribution in [2.75, 3.05) is 32.7 Å². The van der Waals surface area contributed by atoms with Gasteiger partial charge in [0, 0.05) is 38.6 Å². The van der Waals surface area contributed by atoms with Gasteiger partial charge in [0.1, 0.15) is 0 Å². The molecule has 3 heterocycles. The standard InChI is InChI=1S/C16H23N5O2S/c1-11(10-17)16(22)21-7-5-20(6-8-21)12(2)15-18-14(19-23-15)13-4-3-9-24-13/h3-4,9,11-12H,5-8,10,17H2,1-2H3. The molecule has 8 heteroatoms. The van der Waals surface area contributed by atoms with Crippen molar-refractivity contribution in [3.05, 3.63) is 23.4 Å². The fourth-order valence-corrected chi connectivity index (χ4v) is 3.46. The average molecular weight is 349 g/mol. The van der Waals surface area contributed by atoms with Gasteiger partial charge in [0.2, 0.25) is 17.6 Å². The van der Waals surface area contributed by atoms with Gasteiger partial charge in [-0.2, -0.15) is 4.98 Å². The molecule has 0 aromatic carbocycles. The zero-order valence-electron chi connectivity index (χ0n) is 14.0. The van der Waals surface area contributed by atoms with Crippen LogP contribution in [0.25, 0.3) is 10.7 Å². The summed E-state index contributed by atoms with van der Waals surface area (Å²) in [4.78, 5) is 21.9. The highest BCUT2D eigenvalue weighted by molar-refractivity contribution is 7.13. The van der Waals surface area contributed by atoms with Crippen molar-refractivity contribution >= 4 is 17.2 Å². The number of rotatable bonds is 5. The lowest BCUT2D eigenvalue weighted by molar-refractivity contribution is -0.136. The van der Waals surface area contributed by atoms with Crippen LogP contribution in [-0.2, 0) is 4.79 Å². The zero-order valence-corrected chi connectivity index (χ0v) is 14.8. The normalized spacial score (nSPS) is 18.5. The number of aromatic nitrogens is 2. The van der Waals surface area contributed by atoms with Crippen LogP contribution in [0.15, 0.2) is 22.0 Å². The molecule has 2 unspecified atom stereocenters. The molecule has 7 nitrogen and oxygen atoms in total. The van der Waals surface area contributed by atoms with E-state index in [0.29, 0.717) is 31.3 Å². The van der Waals surface area contributed by atoms with Crippen molar-refractivity contribution in [1.29, 1.82) is 0 Å². The molecular weight excluding hydrogens is 326 g/mol. The highest BCUT2D eigenvalue weighted by Gasteiger charge is 2.29. The van der Waals surface area contributed by atoms with E-state index in [1.807, 2.05) is 29.3 Å². The van der Waals surface area contributed by atoms with Gasteiger partial charge in [-0.1, -0.05) is 18.1 Å². The lowest BCUT2D eigenvalue weighted by Crippen LogP contribution is -2.51. The molecule has 1 aliphatic rings. The van der Waals surface area contributed by atoms with E-state index in [-0.39, 0.29) is 17.9 Å². The van der Waals surface area contributed by atoms with Crippen LogP contribution in [0, 0.1) is 5.92 Å². The van der Waals surface area contributed by atoms with Crippen LogP contribution in [0.3, 0.4) is 0 Å². The topological polar surface area (TPSA) is 88.5 Å². The summed E-state index contributed by atoms with van der Waals surface area (Å²) in [5.74, 6) is 1.28. The van der Waals surface area contributed by atoms with Crippen molar-refractivity contribution < 1.29 is 9.32 Å². The first-order chi connectivity index (χ1) is 11.6. The van der Waals surface area contributed by atoms with Crippen molar-refractivity contribution in [3.8, 4) is 10.7 Å². The summed E-state index contributed by atoms with van der Waals surface area (Å²) in [6.07, 6.45) is 0. The summed E-state index contributed by atoms with van der Waals surface area (Å²) in [7, 11) is 0. The highest BCUT2D eigenvalue weighted by atomic mass is 32.1. The largest absolute Gasteiger partial charge is 0.340 e. The maximum Gasteiger partial charge on any atom is 0.244 e. The predicted octanol–water partition coefficient (Wildman–Crippen LogP) is 1.60. The summed E-state index contributed by atoms with van der Waals surface area (Å²) in [6.45, 7) is 7.33. The number of hydrogen-bond acceptors (Lipinski definition) is 7. The zero-order chi connectivity index (χ0) is 17.1. The Balaban J connectivity index is 1.59. The van der Waals surface area contributed by atoms with E-state index >= 15 is 0 Å². The molecule has 24 heavy (non-hydrogen) atoms. The number of carbonyl (C=O) groups excluding carboxylic acids is 1. The smallest absolute Gasteiger partial charge is 0.244 e. The molecule has 2 atom stereocenters. The monoisotopic (exact) mass is 349 g/mol. The van der Waals surface area contributed by atoms with Crippen LogP contribution in [0.5, 0.6) is 0 Å². The van der Waals surface area contributed by atoms with E-state index in [0.717, 1.165) is 18.0 Å². The summed E-state index contributed by atoms with van der Waals surface area (Å²) in [6, 6.07) is 3.99. The molecule has 0 saturated carbocycles. The van der Waals surface area contributed by atoms with Gasteiger partial charge in [-0.3, -0.25) is 9.69 Å². The van der Waals surface area contributed by atoms with Gasteiger partial charge in [0.15, 0.2) is 0 Å². The summed E-state index contributed by atoms with van der Waals surface area (Å²) >= 11 is 1.59. The maximum absolute atomic E-state index is 12.2. The van der Waals surface area contributed by atoms with E-state index in [2.05, 4.69) is 22.0 Å². The lowest BCUT2D eigenvalue weighted by Gasteiger charge is -2.37. The van der Waals surface area contributed by atoms with Gasteiger partial charge >= 0.3 is 0 Å². The van der Waals surface area contributed by atoms with Gasteiger partial charge in [-0.25, -0.2) is 0 Å². The number of thiophene rings is 1. The minimum atomic E-state index is -0.113. The molecule has 2 N–H and O–H groups in total. The second kappa shape index (κ2) is 7.42. The minimum Gasteiger partial charge on any atom is -0.340 e. The first kappa shape index (κ1) is 17.1. The van der Waals surface area contributed by atoms with E-state index < -0.39 is 0 Å².